The molecule has 1 fully saturated rings. The number of para-hydroxylation sites is 1. The van der Waals surface area contributed by atoms with Gasteiger partial charge in [-0.05, 0) is 24.3 Å². The van der Waals surface area contributed by atoms with E-state index >= 15 is 0 Å². The van der Waals surface area contributed by atoms with Crippen LogP contribution in [0.2, 0.25) is 0 Å². The maximum Gasteiger partial charge on any atom is 0.232 e. The summed E-state index contributed by atoms with van der Waals surface area (Å²) < 4.78 is 11.8. The van der Waals surface area contributed by atoms with E-state index in [0.29, 0.717) is 24.0 Å². The molecule has 0 saturated carbocycles. The molecule has 0 unspecified atom stereocenters. The molecule has 4 heterocycles. The van der Waals surface area contributed by atoms with Gasteiger partial charge in [-0.3, -0.25) is 4.79 Å². The SMILES string of the molecule is COc1cccc2sc(N3CC(C(=O)Nc4nc(-c5ccco5)cs4)C3)nc12. The van der Waals surface area contributed by atoms with Gasteiger partial charge in [0.15, 0.2) is 16.0 Å². The van der Waals surface area contributed by atoms with E-state index in [4.69, 9.17) is 9.15 Å². The molecular weight excluding hydrogens is 396 g/mol. The Hall–Kier alpha value is -2.91. The monoisotopic (exact) mass is 412 g/mol. The lowest BCUT2D eigenvalue weighted by Crippen LogP contribution is -2.52. The summed E-state index contributed by atoms with van der Waals surface area (Å²) in [5, 5.41) is 6.27. The second kappa shape index (κ2) is 6.92. The van der Waals surface area contributed by atoms with Crippen LogP contribution < -0.4 is 15.0 Å². The molecule has 1 aromatic carbocycles. The topological polar surface area (TPSA) is 80.5 Å². The van der Waals surface area contributed by atoms with Crippen molar-refractivity contribution in [2.75, 3.05) is 30.4 Å². The number of carbonyl (C=O) groups is 1. The Morgan fingerprint density at radius 3 is 2.96 bits per heavy atom. The van der Waals surface area contributed by atoms with Crippen LogP contribution in [-0.4, -0.2) is 36.1 Å². The van der Waals surface area contributed by atoms with Crippen molar-refractivity contribution in [3.63, 3.8) is 0 Å². The first-order valence-corrected chi connectivity index (χ1v) is 10.4. The van der Waals surface area contributed by atoms with Gasteiger partial charge in [-0.2, -0.15) is 0 Å². The van der Waals surface area contributed by atoms with E-state index < -0.39 is 0 Å². The molecule has 0 radical (unpaired) electrons. The molecule has 1 aliphatic rings. The Balaban J connectivity index is 1.23. The fourth-order valence-corrected chi connectivity index (χ4v) is 4.79. The van der Waals surface area contributed by atoms with Crippen molar-refractivity contribution in [2.45, 2.75) is 0 Å². The van der Waals surface area contributed by atoms with Crippen LogP contribution in [0.1, 0.15) is 0 Å². The average Bonchev–Trinajstić information content (AvgIpc) is 3.39. The Labute approximate surface area is 168 Å². The van der Waals surface area contributed by atoms with Gasteiger partial charge in [0.25, 0.3) is 0 Å². The molecule has 9 heteroatoms. The smallest absolute Gasteiger partial charge is 0.232 e. The van der Waals surface area contributed by atoms with E-state index in [0.717, 1.165) is 26.8 Å². The van der Waals surface area contributed by atoms with Crippen molar-refractivity contribution in [3.8, 4) is 17.2 Å². The highest BCUT2D eigenvalue weighted by Gasteiger charge is 2.35. The number of methoxy groups -OCH3 is 1. The minimum absolute atomic E-state index is 0.0183. The number of rotatable bonds is 5. The zero-order valence-electron chi connectivity index (χ0n) is 14.9. The van der Waals surface area contributed by atoms with Crippen molar-refractivity contribution in [2.24, 2.45) is 5.92 Å². The number of carbonyl (C=O) groups excluding carboxylic acids is 1. The highest BCUT2D eigenvalue weighted by Crippen LogP contribution is 2.36. The largest absolute Gasteiger partial charge is 0.494 e. The second-order valence-corrected chi connectivity index (χ2v) is 8.28. The second-order valence-electron chi connectivity index (χ2n) is 6.41. The number of hydrogen-bond donors (Lipinski definition) is 1. The fraction of sp³-hybridized carbons (Fsp3) is 0.211. The van der Waals surface area contributed by atoms with E-state index in [1.807, 2.05) is 35.7 Å². The minimum Gasteiger partial charge on any atom is -0.494 e. The van der Waals surface area contributed by atoms with Crippen molar-refractivity contribution in [3.05, 3.63) is 42.0 Å². The first kappa shape index (κ1) is 17.2. The van der Waals surface area contributed by atoms with Gasteiger partial charge < -0.3 is 19.4 Å². The summed E-state index contributed by atoms with van der Waals surface area (Å²) in [4.78, 5) is 23.7. The molecule has 0 aliphatic carbocycles. The summed E-state index contributed by atoms with van der Waals surface area (Å²) >= 11 is 3.00. The molecular formula is C19H16N4O3S2. The maximum atomic E-state index is 12.5. The number of thiazole rings is 2. The lowest BCUT2D eigenvalue weighted by molar-refractivity contribution is -0.120. The van der Waals surface area contributed by atoms with E-state index in [1.165, 1.54) is 11.3 Å². The van der Waals surface area contributed by atoms with Crippen LogP contribution in [0.5, 0.6) is 5.75 Å². The van der Waals surface area contributed by atoms with Crippen molar-refractivity contribution in [1.82, 2.24) is 9.97 Å². The number of anilines is 2. The van der Waals surface area contributed by atoms with Crippen LogP contribution in [0, 0.1) is 5.92 Å². The minimum atomic E-state index is -0.0788. The Kier molecular flexibility index (Phi) is 4.25. The lowest BCUT2D eigenvalue weighted by atomic mass is 10.0. The number of fused-ring (bicyclic) bond motifs is 1. The third kappa shape index (κ3) is 3.02. The number of nitrogens with one attached hydrogen (secondary N) is 1. The van der Waals surface area contributed by atoms with E-state index in [9.17, 15) is 4.79 Å². The molecule has 5 rings (SSSR count). The number of amides is 1. The summed E-state index contributed by atoms with van der Waals surface area (Å²) in [6, 6.07) is 9.55. The highest BCUT2D eigenvalue weighted by atomic mass is 32.1. The number of nitrogens with zero attached hydrogens (tertiary/aromatic N) is 3. The molecule has 1 N–H and O–H groups in total. The molecule has 4 aromatic rings. The standard InChI is InChI=1S/C19H16N4O3S2/c1-25-14-4-2-6-15-16(14)21-19(28-15)23-8-11(9-23)17(24)22-18-20-12(10-27-18)13-5-3-7-26-13/h2-7,10-11H,8-9H2,1H3,(H,20,22,24). The van der Waals surface area contributed by atoms with Crippen molar-refractivity contribution in [1.29, 1.82) is 0 Å². The average molecular weight is 412 g/mol. The normalized spacial score (nSPS) is 14.2. The summed E-state index contributed by atoms with van der Waals surface area (Å²) in [5.41, 5.74) is 1.59. The van der Waals surface area contributed by atoms with Gasteiger partial charge in [0, 0.05) is 18.5 Å². The number of aromatic nitrogens is 2. The number of furan rings is 1. The van der Waals surface area contributed by atoms with Crippen LogP contribution in [0.25, 0.3) is 21.7 Å². The molecule has 142 valence electrons. The Morgan fingerprint density at radius 1 is 1.29 bits per heavy atom. The van der Waals surface area contributed by atoms with Crippen molar-refractivity contribution >= 4 is 49.1 Å². The Morgan fingerprint density at radius 2 is 2.18 bits per heavy atom. The molecule has 0 atom stereocenters. The van der Waals surface area contributed by atoms with E-state index in [1.54, 1.807) is 24.7 Å². The summed E-state index contributed by atoms with van der Waals surface area (Å²) in [5.74, 6) is 1.36. The molecule has 0 spiro atoms. The van der Waals surface area contributed by atoms with Gasteiger partial charge in [-0.25, -0.2) is 9.97 Å². The Bertz CT molecular complexity index is 1130. The molecule has 1 saturated heterocycles. The number of benzene rings is 1. The third-order valence-electron chi connectivity index (χ3n) is 4.62. The highest BCUT2D eigenvalue weighted by molar-refractivity contribution is 7.22. The van der Waals surface area contributed by atoms with Gasteiger partial charge in [0.1, 0.15) is 17.0 Å². The summed E-state index contributed by atoms with van der Waals surface area (Å²) in [6.07, 6.45) is 1.60. The van der Waals surface area contributed by atoms with Gasteiger partial charge in [-0.1, -0.05) is 17.4 Å². The van der Waals surface area contributed by atoms with Gasteiger partial charge in [0.05, 0.1) is 24.0 Å². The quantitative estimate of drug-likeness (QED) is 0.532. The lowest BCUT2D eigenvalue weighted by Gasteiger charge is -2.37. The molecule has 7 nitrogen and oxygen atoms in total. The first-order valence-electron chi connectivity index (χ1n) is 8.70. The van der Waals surface area contributed by atoms with Crippen LogP contribution in [-0.2, 0) is 4.79 Å². The van der Waals surface area contributed by atoms with Crippen LogP contribution in [0.4, 0.5) is 10.3 Å². The predicted octanol–water partition coefficient (Wildman–Crippen LogP) is 4.10. The summed E-state index contributed by atoms with van der Waals surface area (Å²) in [6.45, 7) is 1.29. The van der Waals surface area contributed by atoms with Crippen molar-refractivity contribution < 1.29 is 13.9 Å². The first-order chi connectivity index (χ1) is 13.7. The van der Waals surface area contributed by atoms with Gasteiger partial charge in [-0.15, -0.1) is 11.3 Å². The molecule has 3 aromatic heterocycles. The molecule has 0 bridgehead atoms. The molecule has 1 amide bonds. The van der Waals surface area contributed by atoms with Gasteiger partial charge in [0.2, 0.25) is 5.91 Å². The number of ether oxygens (including phenoxy) is 1. The zero-order valence-corrected chi connectivity index (χ0v) is 16.5. The van der Waals surface area contributed by atoms with E-state index in [2.05, 4.69) is 20.2 Å². The number of hydrogen-bond acceptors (Lipinski definition) is 8. The van der Waals surface area contributed by atoms with Crippen LogP contribution in [0.15, 0.2) is 46.4 Å². The van der Waals surface area contributed by atoms with Crippen LogP contribution >= 0.6 is 22.7 Å². The predicted molar refractivity (Wildman–Crippen MR) is 110 cm³/mol. The molecule has 1 aliphatic heterocycles. The maximum absolute atomic E-state index is 12.5. The zero-order chi connectivity index (χ0) is 19.1. The third-order valence-corrected chi connectivity index (χ3v) is 6.46. The van der Waals surface area contributed by atoms with Gasteiger partial charge >= 0.3 is 0 Å². The van der Waals surface area contributed by atoms with Crippen LogP contribution in [0.3, 0.4) is 0 Å². The summed E-state index contributed by atoms with van der Waals surface area (Å²) in [7, 11) is 1.65. The molecule has 28 heavy (non-hydrogen) atoms. The fourth-order valence-electron chi connectivity index (χ4n) is 3.09. The van der Waals surface area contributed by atoms with E-state index in [-0.39, 0.29) is 11.8 Å².